The quantitative estimate of drug-likeness (QED) is 0.227. The Morgan fingerprint density at radius 1 is 1.00 bits per heavy atom. The Kier molecular flexibility index (Phi) is 8.71. The topological polar surface area (TPSA) is 85.3 Å². The highest BCUT2D eigenvalue weighted by molar-refractivity contribution is 6.46. The molecule has 1 atom stereocenters. The molecule has 34 heavy (non-hydrogen) atoms. The van der Waals surface area contributed by atoms with Gasteiger partial charge in [0.25, 0.3) is 11.7 Å². The molecule has 1 heterocycles. The van der Waals surface area contributed by atoms with Crippen molar-refractivity contribution in [1.82, 2.24) is 4.90 Å². The van der Waals surface area contributed by atoms with Crippen molar-refractivity contribution in [3.05, 3.63) is 64.7 Å². The molecule has 3 rings (SSSR count). The van der Waals surface area contributed by atoms with Crippen LogP contribution in [0.4, 0.5) is 0 Å². The number of benzene rings is 2. The second-order valence-corrected chi connectivity index (χ2v) is 7.96. The average Bonchev–Trinajstić information content (AvgIpc) is 3.09. The maximum absolute atomic E-state index is 13.2. The number of aliphatic hydroxyl groups excluding tert-OH is 1. The monoisotopic (exact) mass is 467 g/mol. The van der Waals surface area contributed by atoms with Crippen LogP contribution in [0, 0.1) is 0 Å². The normalized spacial score (nSPS) is 17.3. The van der Waals surface area contributed by atoms with E-state index in [2.05, 4.69) is 6.92 Å². The number of aliphatic hydroxyl groups is 1. The number of Topliss-reactive ketones (excluding diaryl/α,β-unsaturated/α-hetero) is 1. The maximum atomic E-state index is 13.2. The maximum Gasteiger partial charge on any atom is 0.295 e. The Bertz CT molecular complexity index is 1040. The van der Waals surface area contributed by atoms with E-state index < -0.39 is 17.7 Å². The zero-order valence-corrected chi connectivity index (χ0v) is 20.3. The summed E-state index contributed by atoms with van der Waals surface area (Å²) < 4.78 is 16.4. The molecule has 182 valence electrons. The second-order valence-electron chi connectivity index (χ2n) is 7.96. The van der Waals surface area contributed by atoms with Gasteiger partial charge in [-0.1, -0.05) is 31.2 Å². The minimum absolute atomic E-state index is 0.0526. The molecule has 1 aliphatic heterocycles. The summed E-state index contributed by atoms with van der Waals surface area (Å²) in [5.74, 6) is -0.628. The third kappa shape index (κ3) is 5.25. The Hall–Kier alpha value is -3.32. The number of ketones is 1. The lowest BCUT2D eigenvalue weighted by atomic mass is 9.94. The zero-order chi connectivity index (χ0) is 24.7. The van der Waals surface area contributed by atoms with E-state index in [0.29, 0.717) is 49.8 Å². The van der Waals surface area contributed by atoms with E-state index in [4.69, 9.17) is 14.2 Å². The molecular weight excluding hydrogens is 434 g/mol. The molecule has 0 spiro atoms. The third-order valence-corrected chi connectivity index (χ3v) is 5.81. The summed E-state index contributed by atoms with van der Waals surface area (Å²) in [5, 5.41) is 11.4. The van der Waals surface area contributed by atoms with Crippen LogP contribution in [-0.2, 0) is 20.7 Å². The van der Waals surface area contributed by atoms with Crippen molar-refractivity contribution >= 4 is 17.4 Å². The van der Waals surface area contributed by atoms with E-state index in [-0.39, 0.29) is 11.3 Å². The van der Waals surface area contributed by atoms with E-state index in [0.717, 1.165) is 17.5 Å². The Labute approximate surface area is 200 Å². The fourth-order valence-corrected chi connectivity index (χ4v) is 4.15. The molecule has 1 fully saturated rings. The number of carbonyl (C=O) groups excluding carboxylic acids is 2. The number of hydrogen-bond acceptors (Lipinski definition) is 6. The Morgan fingerprint density at radius 2 is 1.71 bits per heavy atom. The van der Waals surface area contributed by atoms with Crippen LogP contribution in [0.1, 0.15) is 49.9 Å². The van der Waals surface area contributed by atoms with Crippen LogP contribution in [0.3, 0.4) is 0 Å². The standard InChI is InChI=1S/C27H33NO6/c1-5-18-9-11-19(12-10-18)24-23(26(30)27(31)28(24)15-8-16-32-4)25(29)21-14-13-20(33-6-2)17-22(21)34-7-3/h9-14,17,24,29H,5-8,15-16H2,1-4H3/b25-23-. The zero-order valence-electron chi connectivity index (χ0n) is 20.3. The number of nitrogens with zero attached hydrogens (tertiary/aromatic N) is 1. The van der Waals surface area contributed by atoms with Gasteiger partial charge in [0.05, 0.1) is 30.4 Å². The first-order valence-electron chi connectivity index (χ1n) is 11.7. The van der Waals surface area contributed by atoms with Gasteiger partial charge in [-0.25, -0.2) is 0 Å². The molecule has 0 bridgehead atoms. The van der Waals surface area contributed by atoms with Gasteiger partial charge in [0.15, 0.2) is 0 Å². The summed E-state index contributed by atoms with van der Waals surface area (Å²) in [6, 6.07) is 12.1. The number of hydrogen-bond donors (Lipinski definition) is 1. The highest BCUT2D eigenvalue weighted by Gasteiger charge is 2.46. The first-order valence-corrected chi connectivity index (χ1v) is 11.7. The fourth-order valence-electron chi connectivity index (χ4n) is 4.15. The van der Waals surface area contributed by atoms with Crippen molar-refractivity contribution in [2.45, 2.75) is 39.7 Å². The van der Waals surface area contributed by atoms with Crippen LogP contribution >= 0.6 is 0 Å². The number of amides is 1. The molecule has 1 unspecified atom stereocenters. The minimum Gasteiger partial charge on any atom is -0.507 e. The number of rotatable bonds is 11. The first kappa shape index (κ1) is 25.3. The molecule has 7 nitrogen and oxygen atoms in total. The lowest BCUT2D eigenvalue weighted by Gasteiger charge is -2.25. The number of methoxy groups -OCH3 is 1. The van der Waals surface area contributed by atoms with Crippen molar-refractivity contribution in [1.29, 1.82) is 0 Å². The van der Waals surface area contributed by atoms with Gasteiger partial charge in [-0.2, -0.15) is 0 Å². The SMILES string of the molecule is CCOc1ccc(/C(O)=C2/C(=O)C(=O)N(CCCOC)C2c2ccc(CC)cc2)c(OCC)c1. The number of aryl methyl sites for hydroxylation is 1. The fraction of sp³-hybridized carbons (Fsp3) is 0.407. The number of ether oxygens (including phenoxy) is 3. The van der Waals surface area contributed by atoms with Gasteiger partial charge in [-0.15, -0.1) is 0 Å². The minimum atomic E-state index is -0.712. The van der Waals surface area contributed by atoms with E-state index in [9.17, 15) is 14.7 Å². The van der Waals surface area contributed by atoms with Crippen LogP contribution in [0.5, 0.6) is 11.5 Å². The molecule has 1 amide bonds. The Balaban J connectivity index is 2.15. The largest absolute Gasteiger partial charge is 0.507 e. The molecule has 2 aromatic rings. The molecule has 0 radical (unpaired) electrons. The highest BCUT2D eigenvalue weighted by Crippen LogP contribution is 2.41. The van der Waals surface area contributed by atoms with Gasteiger partial charge < -0.3 is 24.2 Å². The summed E-state index contributed by atoms with van der Waals surface area (Å²) in [6.45, 7) is 7.41. The summed E-state index contributed by atoms with van der Waals surface area (Å²) in [4.78, 5) is 27.8. The van der Waals surface area contributed by atoms with Gasteiger partial charge in [-0.05, 0) is 49.9 Å². The van der Waals surface area contributed by atoms with Crippen molar-refractivity contribution in [3.8, 4) is 11.5 Å². The number of likely N-dealkylation sites (tertiary alicyclic amines) is 1. The molecule has 0 aromatic heterocycles. The summed E-state index contributed by atoms with van der Waals surface area (Å²) in [6.07, 6.45) is 1.44. The lowest BCUT2D eigenvalue weighted by molar-refractivity contribution is -0.140. The third-order valence-electron chi connectivity index (χ3n) is 5.81. The van der Waals surface area contributed by atoms with Crippen LogP contribution < -0.4 is 9.47 Å². The molecule has 1 saturated heterocycles. The van der Waals surface area contributed by atoms with Crippen molar-refractivity contribution in [2.75, 3.05) is 33.5 Å². The van der Waals surface area contributed by atoms with Gasteiger partial charge in [0.2, 0.25) is 0 Å². The molecule has 2 aromatic carbocycles. The van der Waals surface area contributed by atoms with E-state index >= 15 is 0 Å². The molecule has 1 N–H and O–H groups in total. The van der Waals surface area contributed by atoms with Gasteiger partial charge in [-0.3, -0.25) is 9.59 Å². The van der Waals surface area contributed by atoms with Crippen molar-refractivity contribution < 1.29 is 28.9 Å². The smallest absolute Gasteiger partial charge is 0.295 e. The van der Waals surface area contributed by atoms with Gasteiger partial charge in [0, 0.05) is 26.3 Å². The van der Waals surface area contributed by atoms with Gasteiger partial charge >= 0.3 is 0 Å². The van der Waals surface area contributed by atoms with Crippen molar-refractivity contribution in [3.63, 3.8) is 0 Å². The molecule has 0 saturated carbocycles. The van der Waals surface area contributed by atoms with Crippen LogP contribution in [0.2, 0.25) is 0 Å². The van der Waals surface area contributed by atoms with Crippen LogP contribution in [-0.4, -0.2) is 55.2 Å². The number of carbonyl (C=O) groups is 2. The Morgan fingerprint density at radius 3 is 2.32 bits per heavy atom. The first-order chi connectivity index (χ1) is 16.5. The molecule has 0 aliphatic carbocycles. The predicted molar refractivity (Wildman–Crippen MR) is 130 cm³/mol. The summed E-state index contributed by atoms with van der Waals surface area (Å²) in [5.41, 5.74) is 2.30. The lowest BCUT2D eigenvalue weighted by Crippen LogP contribution is -2.31. The van der Waals surface area contributed by atoms with E-state index in [1.807, 2.05) is 38.1 Å². The second kappa shape index (κ2) is 11.7. The van der Waals surface area contributed by atoms with E-state index in [1.165, 1.54) is 4.90 Å². The van der Waals surface area contributed by atoms with Crippen LogP contribution in [0.15, 0.2) is 48.0 Å². The van der Waals surface area contributed by atoms with Crippen LogP contribution in [0.25, 0.3) is 5.76 Å². The molecule has 7 heteroatoms. The van der Waals surface area contributed by atoms with E-state index in [1.54, 1.807) is 25.3 Å². The average molecular weight is 468 g/mol. The molecular formula is C27H33NO6. The molecule has 1 aliphatic rings. The summed E-state index contributed by atoms with van der Waals surface area (Å²) in [7, 11) is 1.59. The van der Waals surface area contributed by atoms with Crippen molar-refractivity contribution in [2.24, 2.45) is 0 Å². The van der Waals surface area contributed by atoms with Gasteiger partial charge in [0.1, 0.15) is 17.3 Å². The summed E-state index contributed by atoms with van der Waals surface area (Å²) >= 11 is 0. The predicted octanol–water partition coefficient (Wildman–Crippen LogP) is 4.50. The highest BCUT2D eigenvalue weighted by atomic mass is 16.5.